The van der Waals surface area contributed by atoms with Crippen LogP contribution in [0.3, 0.4) is 0 Å². The van der Waals surface area contributed by atoms with E-state index in [1.165, 1.54) is 0 Å². The monoisotopic (exact) mass is 271 g/mol. The fraction of sp³-hybridized carbons (Fsp3) is 0.667. The molecule has 0 spiro atoms. The van der Waals surface area contributed by atoms with Crippen molar-refractivity contribution in [2.45, 2.75) is 51.0 Å². The number of carboxylic acid groups (broad SMARTS) is 2. The largest absolute Gasteiger partial charge is 0.481 e. The van der Waals surface area contributed by atoms with Crippen LogP contribution in [-0.4, -0.2) is 44.9 Å². The second-order valence-corrected chi connectivity index (χ2v) is 4.50. The zero-order chi connectivity index (χ0) is 14.4. The molecule has 1 fully saturated rings. The van der Waals surface area contributed by atoms with Gasteiger partial charge in [0.25, 0.3) is 0 Å². The molecule has 1 rings (SSSR count). The van der Waals surface area contributed by atoms with E-state index in [1.807, 2.05) is 0 Å². The van der Waals surface area contributed by atoms with Gasteiger partial charge < -0.3 is 10.2 Å². The van der Waals surface area contributed by atoms with Crippen LogP contribution in [0.1, 0.15) is 44.9 Å². The minimum Gasteiger partial charge on any atom is -0.481 e. The summed E-state index contributed by atoms with van der Waals surface area (Å²) in [6.07, 6.45) is 1.85. The van der Waals surface area contributed by atoms with Crippen molar-refractivity contribution in [1.29, 1.82) is 0 Å². The van der Waals surface area contributed by atoms with Gasteiger partial charge in [0.1, 0.15) is 6.04 Å². The van der Waals surface area contributed by atoms with Gasteiger partial charge in [-0.05, 0) is 12.8 Å². The highest BCUT2D eigenvalue weighted by atomic mass is 16.4. The second kappa shape index (κ2) is 6.86. The number of carboxylic acids is 2. The number of hydrogen-bond donors (Lipinski definition) is 2. The van der Waals surface area contributed by atoms with Gasteiger partial charge in [0.05, 0.1) is 0 Å². The van der Waals surface area contributed by atoms with Crippen LogP contribution in [0.4, 0.5) is 0 Å². The number of hydrogen-bond acceptors (Lipinski definition) is 4. The molecule has 0 aromatic heterocycles. The molecule has 7 nitrogen and oxygen atoms in total. The third-order valence-corrected chi connectivity index (χ3v) is 3.06. The molecule has 2 N–H and O–H groups in total. The van der Waals surface area contributed by atoms with Crippen LogP contribution < -0.4 is 0 Å². The van der Waals surface area contributed by atoms with Crippen molar-refractivity contribution in [2.75, 3.05) is 0 Å². The summed E-state index contributed by atoms with van der Waals surface area (Å²) in [6, 6.07) is -1.12. The van der Waals surface area contributed by atoms with Crippen LogP contribution in [0.5, 0.6) is 0 Å². The number of likely N-dealkylation sites (tertiary alicyclic amines) is 1. The summed E-state index contributed by atoms with van der Waals surface area (Å²) in [5.41, 5.74) is 0. The van der Waals surface area contributed by atoms with Gasteiger partial charge in [0.15, 0.2) is 0 Å². The number of unbranched alkanes of at least 4 members (excludes halogenated alkanes) is 2. The molecule has 0 bridgehead atoms. The van der Waals surface area contributed by atoms with Crippen molar-refractivity contribution in [1.82, 2.24) is 4.90 Å². The summed E-state index contributed by atoms with van der Waals surface area (Å²) in [4.78, 5) is 45.2. The molecule has 19 heavy (non-hydrogen) atoms. The van der Waals surface area contributed by atoms with E-state index in [2.05, 4.69) is 0 Å². The Balaban J connectivity index is 2.45. The maximum absolute atomic E-state index is 11.5. The molecule has 1 saturated heterocycles. The van der Waals surface area contributed by atoms with Gasteiger partial charge >= 0.3 is 11.9 Å². The fourth-order valence-corrected chi connectivity index (χ4v) is 2.10. The lowest BCUT2D eigenvalue weighted by atomic mass is 10.1. The van der Waals surface area contributed by atoms with Crippen LogP contribution in [0.25, 0.3) is 0 Å². The van der Waals surface area contributed by atoms with E-state index in [1.54, 1.807) is 0 Å². The topological polar surface area (TPSA) is 112 Å². The smallest absolute Gasteiger partial charge is 0.326 e. The van der Waals surface area contributed by atoms with E-state index in [9.17, 15) is 19.2 Å². The Morgan fingerprint density at radius 3 is 2.11 bits per heavy atom. The summed E-state index contributed by atoms with van der Waals surface area (Å²) in [7, 11) is 0. The normalized spacial score (nSPS) is 16.7. The number of rotatable bonds is 8. The average molecular weight is 271 g/mol. The van der Waals surface area contributed by atoms with Crippen LogP contribution >= 0.6 is 0 Å². The SMILES string of the molecule is O=C(O)CCCCCC(C(=O)O)N1C(=O)CCC1=O. The Labute approximate surface area is 110 Å². The third kappa shape index (κ3) is 4.35. The first kappa shape index (κ1) is 15.1. The molecule has 106 valence electrons. The van der Waals surface area contributed by atoms with E-state index in [0.717, 1.165) is 4.90 Å². The Morgan fingerprint density at radius 1 is 1.05 bits per heavy atom. The summed E-state index contributed by atoms with van der Waals surface area (Å²) in [5, 5.41) is 17.5. The molecule has 0 aromatic carbocycles. The van der Waals surface area contributed by atoms with Gasteiger partial charge in [-0.25, -0.2) is 4.79 Å². The number of amides is 2. The number of imide groups is 1. The van der Waals surface area contributed by atoms with Crippen LogP contribution in [0, 0.1) is 0 Å². The molecule has 1 heterocycles. The number of carbonyl (C=O) groups excluding carboxylic acids is 2. The molecule has 0 radical (unpaired) electrons. The summed E-state index contributed by atoms with van der Waals surface area (Å²) >= 11 is 0. The van der Waals surface area contributed by atoms with Gasteiger partial charge in [0.2, 0.25) is 11.8 Å². The standard InChI is InChI=1S/C12H17NO6/c14-9-6-7-10(15)13(9)8(12(18)19)4-2-1-3-5-11(16)17/h8H,1-7H2,(H,16,17)(H,18,19). The van der Waals surface area contributed by atoms with Crippen molar-refractivity contribution < 1.29 is 29.4 Å². The van der Waals surface area contributed by atoms with Crippen molar-refractivity contribution in [2.24, 2.45) is 0 Å². The molecule has 0 aromatic rings. The molecule has 2 amide bonds. The van der Waals surface area contributed by atoms with E-state index in [0.29, 0.717) is 19.3 Å². The van der Waals surface area contributed by atoms with E-state index >= 15 is 0 Å². The Bertz CT molecular complexity index is 376. The van der Waals surface area contributed by atoms with Gasteiger partial charge in [-0.15, -0.1) is 0 Å². The minimum atomic E-state index is -1.19. The highest BCUT2D eigenvalue weighted by molar-refractivity contribution is 6.04. The maximum atomic E-state index is 11.5. The molecule has 7 heteroatoms. The Morgan fingerprint density at radius 2 is 1.63 bits per heavy atom. The van der Waals surface area contributed by atoms with Crippen molar-refractivity contribution >= 4 is 23.8 Å². The second-order valence-electron chi connectivity index (χ2n) is 4.50. The van der Waals surface area contributed by atoms with Crippen molar-refractivity contribution in [3.05, 3.63) is 0 Å². The fourth-order valence-electron chi connectivity index (χ4n) is 2.10. The van der Waals surface area contributed by atoms with Gasteiger partial charge in [-0.3, -0.25) is 19.3 Å². The number of nitrogens with zero attached hydrogens (tertiary/aromatic N) is 1. The van der Waals surface area contributed by atoms with Gasteiger partial charge in [0, 0.05) is 19.3 Å². The van der Waals surface area contributed by atoms with E-state index in [-0.39, 0.29) is 25.7 Å². The molecular weight excluding hydrogens is 254 g/mol. The molecule has 0 aliphatic carbocycles. The first-order valence-electron chi connectivity index (χ1n) is 6.23. The van der Waals surface area contributed by atoms with E-state index in [4.69, 9.17) is 10.2 Å². The lowest BCUT2D eigenvalue weighted by molar-refractivity contribution is -0.154. The zero-order valence-electron chi connectivity index (χ0n) is 10.5. The van der Waals surface area contributed by atoms with Crippen molar-refractivity contribution in [3.63, 3.8) is 0 Å². The highest BCUT2D eigenvalue weighted by Gasteiger charge is 2.38. The van der Waals surface area contributed by atoms with Gasteiger partial charge in [-0.1, -0.05) is 12.8 Å². The first-order chi connectivity index (χ1) is 8.93. The lowest BCUT2D eigenvalue weighted by Crippen LogP contribution is -2.44. The van der Waals surface area contributed by atoms with Crippen molar-refractivity contribution in [3.8, 4) is 0 Å². The predicted octanol–water partition coefficient (Wildman–Crippen LogP) is 0.624. The minimum absolute atomic E-state index is 0.0410. The molecular formula is C12H17NO6. The quantitative estimate of drug-likeness (QED) is 0.494. The Kier molecular flexibility index (Phi) is 5.47. The third-order valence-electron chi connectivity index (χ3n) is 3.06. The van der Waals surface area contributed by atoms with Gasteiger partial charge in [-0.2, -0.15) is 0 Å². The summed E-state index contributed by atoms with van der Waals surface area (Å²) in [6.45, 7) is 0. The molecule has 0 saturated carbocycles. The van der Waals surface area contributed by atoms with Crippen LogP contribution in [0.2, 0.25) is 0 Å². The van der Waals surface area contributed by atoms with E-state index < -0.39 is 29.8 Å². The first-order valence-corrected chi connectivity index (χ1v) is 6.23. The Hall–Kier alpha value is -1.92. The molecule has 1 aliphatic rings. The molecule has 1 aliphatic heterocycles. The molecule has 1 atom stereocenters. The maximum Gasteiger partial charge on any atom is 0.326 e. The average Bonchev–Trinajstić information content (AvgIpc) is 2.64. The number of carbonyl (C=O) groups is 4. The zero-order valence-corrected chi connectivity index (χ0v) is 10.5. The summed E-state index contributed by atoms with van der Waals surface area (Å²) in [5.74, 6) is -2.97. The lowest BCUT2D eigenvalue weighted by Gasteiger charge is -2.22. The van der Waals surface area contributed by atoms with Crippen LogP contribution in [-0.2, 0) is 19.2 Å². The summed E-state index contributed by atoms with van der Waals surface area (Å²) < 4.78 is 0. The highest BCUT2D eigenvalue weighted by Crippen LogP contribution is 2.19. The number of aliphatic carboxylic acids is 2. The predicted molar refractivity (Wildman–Crippen MR) is 63.2 cm³/mol. The van der Waals surface area contributed by atoms with Crippen LogP contribution in [0.15, 0.2) is 0 Å². The molecule has 1 unspecified atom stereocenters.